The highest BCUT2D eigenvalue weighted by Gasteiger charge is 2.49. The maximum absolute atomic E-state index is 14.2. The number of anilines is 1. The van der Waals surface area contributed by atoms with Crippen LogP contribution >= 0.6 is 0 Å². The Kier molecular flexibility index (Phi) is 5.69. The number of nitrogens with zero attached hydrogens (tertiary/aromatic N) is 3. The Morgan fingerprint density at radius 3 is 2.50 bits per heavy atom. The molecular weight excluding hydrogens is 470 g/mol. The van der Waals surface area contributed by atoms with Gasteiger partial charge in [-0.05, 0) is 85.6 Å². The van der Waals surface area contributed by atoms with Gasteiger partial charge in [0, 0.05) is 67.5 Å². The lowest BCUT2D eigenvalue weighted by atomic mass is 9.62. The van der Waals surface area contributed by atoms with Gasteiger partial charge in [0.2, 0.25) is 0 Å². The van der Waals surface area contributed by atoms with E-state index in [-0.39, 0.29) is 11.2 Å². The summed E-state index contributed by atoms with van der Waals surface area (Å²) in [6.45, 7) is 7.42. The second kappa shape index (κ2) is 9.12. The smallest absolute Gasteiger partial charge is 0.193 e. The van der Waals surface area contributed by atoms with E-state index < -0.39 is 0 Å². The maximum Gasteiger partial charge on any atom is 0.193 e. The van der Waals surface area contributed by atoms with Crippen LogP contribution in [0.15, 0.2) is 35.9 Å². The lowest BCUT2D eigenvalue weighted by molar-refractivity contribution is 0.0603. The van der Waals surface area contributed by atoms with E-state index in [1.807, 2.05) is 25.1 Å². The van der Waals surface area contributed by atoms with Crippen molar-refractivity contribution in [1.82, 2.24) is 4.90 Å². The van der Waals surface area contributed by atoms with Crippen LogP contribution in [0, 0.1) is 23.2 Å². The standard InChI is InChI=1S/C33H33N3O2/c1-2-4-23-18-27-28(20-30(23)36-13-11-35(12-14-36)25-5-3-6-25)33(9-15-38-16-10-33)29-19-24-17-22(21-34)7-8-26(24)31(29)32(27)37/h7-8,17-18,20,25H,3,5-6,9-16,19H2,1H3. The molecule has 2 aliphatic heterocycles. The van der Waals surface area contributed by atoms with Crippen molar-refractivity contribution in [1.29, 1.82) is 5.26 Å². The summed E-state index contributed by atoms with van der Waals surface area (Å²) in [5.74, 6) is 6.57. The van der Waals surface area contributed by atoms with Gasteiger partial charge in [0.1, 0.15) is 0 Å². The molecule has 2 aromatic rings. The molecule has 5 aliphatic rings. The third kappa shape index (κ3) is 3.49. The molecule has 2 saturated heterocycles. The van der Waals surface area contributed by atoms with Crippen LogP contribution in [-0.4, -0.2) is 56.1 Å². The Bertz CT molecular complexity index is 1470. The van der Waals surface area contributed by atoms with Crippen LogP contribution in [0.5, 0.6) is 0 Å². The first-order valence-corrected chi connectivity index (χ1v) is 14.1. The fourth-order valence-corrected chi connectivity index (χ4v) is 7.50. The molecule has 0 amide bonds. The fraction of sp³-hybridized carbons (Fsp3) is 0.455. The van der Waals surface area contributed by atoms with Gasteiger partial charge in [-0.3, -0.25) is 9.69 Å². The zero-order chi connectivity index (χ0) is 25.9. The maximum atomic E-state index is 14.2. The van der Waals surface area contributed by atoms with Crippen LogP contribution in [0.25, 0.3) is 5.57 Å². The largest absolute Gasteiger partial charge is 0.381 e. The quantitative estimate of drug-likeness (QED) is 0.548. The van der Waals surface area contributed by atoms with Crippen LogP contribution < -0.4 is 4.90 Å². The summed E-state index contributed by atoms with van der Waals surface area (Å²) < 4.78 is 5.87. The average molecular weight is 504 g/mol. The fourth-order valence-electron chi connectivity index (χ4n) is 7.50. The highest BCUT2D eigenvalue weighted by molar-refractivity contribution is 6.33. The first-order chi connectivity index (χ1) is 18.6. The minimum Gasteiger partial charge on any atom is -0.381 e. The monoisotopic (exact) mass is 503 g/mol. The molecule has 192 valence electrons. The highest BCUT2D eigenvalue weighted by Crippen LogP contribution is 2.55. The van der Waals surface area contributed by atoms with Gasteiger partial charge in [-0.15, -0.1) is 5.92 Å². The summed E-state index contributed by atoms with van der Waals surface area (Å²) in [6, 6.07) is 13.3. The molecule has 0 radical (unpaired) electrons. The molecule has 0 atom stereocenters. The third-order valence-electron chi connectivity index (χ3n) is 9.73. The minimum absolute atomic E-state index is 0.107. The van der Waals surface area contributed by atoms with E-state index in [0.717, 1.165) is 84.9 Å². The first kappa shape index (κ1) is 23.7. The third-order valence-corrected chi connectivity index (χ3v) is 9.73. The minimum atomic E-state index is -0.219. The van der Waals surface area contributed by atoms with Crippen LogP contribution in [0.4, 0.5) is 5.69 Å². The van der Waals surface area contributed by atoms with Crippen LogP contribution in [0.2, 0.25) is 0 Å². The lowest BCUT2D eigenvalue weighted by Crippen LogP contribution is -2.52. The van der Waals surface area contributed by atoms with E-state index in [4.69, 9.17) is 4.74 Å². The summed E-state index contributed by atoms with van der Waals surface area (Å²) in [4.78, 5) is 19.4. The molecule has 1 saturated carbocycles. The van der Waals surface area contributed by atoms with Gasteiger partial charge in [0.25, 0.3) is 0 Å². The molecule has 5 heteroatoms. The average Bonchev–Trinajstić information content (AvgIpc) is 3.32. The van der Waals surface area contributed by atoms with Crippen LogP contribution in [0.3, 0.4) is 0 Å². The Hall–Kier alpha value is -3.38. The second-order valence-electron chi connectivity index (χ2n) is 11.4. The molecule has 7 rings (SSSR count). The van der Waals surface area contributed by atoms with E-state index in [1.165, 1.54) is 30.5 Å². The van der Waals surface area contributed by atoms with E-state index in [1.54, 1.807) is 0 Å². The molecule has 38 heavy (non-hydrogen) atoms. The number of ketones is 1. The van der Waals surface area contributed by atoms with E-state index in [2.05, 4.69) is 39.8 Å². The van der Waals surface area contributed by atoms with E-state index in [0.29, 0.717) is 18.8 Å². The van der Waals surface area contributed by atoms with Gasteiger partial charge in [0.15, 0.2) is 5.78 Å². The van der Waals surface area contributed by atoms with Gasteiger partial charge >= 0.3 is 0 Å². The second-order valence-corrected chi connectivity index (χ2v) is 11.4. The lowest BCUT2D eigenvalue weighted by Gasteiger charge is -2.45. The number of carbonyl (C=O) groups is 1. The molecule has 2 heterocycles. The zero-order valence-corrected chi connectivity index (χ0v) is 22.1. The summed E-state index contributed by atoms with van der Waals surface area (Å²) >= 11 is 0. The van der Waals surface area contributed by atoms with Crippen molar-refractivity contribution in [2.45, 2.75) is 56.9 Å². The van der Waals surface area contributed by atoms with Gasteiger partial charge in [-0.25, -0.2) is 0 Å². The SMILES string of the molecule is CC#Cc1cc2c(cc1N1CCN(C3CCC3)CC1)C1(CCOCC1)C1=C(C2=O)c2ccc(C#N)cc2C1. The topological polar surface area (TPSA) is 56.6 Å². The van der Waals surface area contributed by atoms with Gasteiger partial charge in [0.05, 0.1) is 17.3 Å². The van der Waals surface area contributed by atoms with Crippen molar-refractivity contribution in [2.75, 3.05) is 44.3 Å². The van der Waals surface area contributed by atoms with Crippen LogP contribution in [-0.2, 0) is 16.6 Å². The number of fused-ring (bicyclic) bond motifs is 5. The van der Waals surface area contributed by atoms with Crippen molar-refractivity contribution < 1.29 is 9.53 Å². The summed E-state index contributed by atoms with van der Waals surface area (Å²) in [7, 11) is 0. The normalized spacial score (nSPS) is 22.2. The van der Waals surface area contributed by atoms with E-state index >= 15 is 0 Å². The van der Waals surface area contributed by atoms with Crippen LogP contribution in [0.1, 0.15) is 77.2 Å². The number of rotatable bonds is 2. The Morgan fingerprint density at radius 2 is 1.82 bits per heavy atom. The van der Waals surface area contributed by atoms with Gasteiger partial charge < -0.3 is 9.64 Å². The number of hydrogen-bond acceptors (Lipinski definition) is 5. The number of benzene rings is 2. The molecule has 1 spiro atoms. The molecular formula is C33H33N3O2. The number of carbonyl (C=O) groups excluding carboxylic acids is 1. The van der Waals surface area contributed by atoms with Crippen molar-refractivity contribution in [3.8, 4) is 17.9 Å². The molecule has 0 bridgehead atoms. The van der Waals surface area contributed by atoms with Gasteiger partial charge in [-0.2, -0.15) is 5.26 Å². The Labute approximate surface area is 225 Å². The molecule has 0 unspecified atom stereocenters. The highest BCUT2D eigenvalue weighted by atomic mass is 16.5. The number of hydrogen-bond donors (Lipinski definition) is 0. The number of allylic oxidation sites excluding steroid dienone is 2. The number of ether oxygens (including phenoxy) is 1. The molecule has 3 aliphatic carbocycles. The predicted octanol–water partition coefficient (Wildman–Crippen LogP) is 4.86. The number of piperazine rings is 1. The summed E-state index contributed by atoms with van der Waals surface area (Å²) in [6.07, 6.45) is 6.53. The molecule has 0 aromatic heterocycles. The van der Waals surface area contributed by atoms with Crippen molar-refractivity contribution >= 4 is 17.0 Å². The molecule has 3 fully saturated rings. The molecule has 0 N–H and O–H groups in total. The van der Waals surface area contributed by atoms with Crippen molar-refractivity contribution in [3.05, 3.63) is 69.3 Å². The Morgan fingerprint density at radius 1 is 1.03 bits per heavy atom. The zero-order valence-electron chi connectivity index (χ0n) is 22.1. The summed E-state index contributed by atoms with van der Waals surface area (Å²) in [5, 5.41) is 9.50. The molecule has 5 nitrogen and oxygen atoms in total. The number of Topliss-reactive ketones (excluding diaryl/α,β-unsaturated/α-hetero) is 1. The summed E-state index contributed by atoms with van der Waals surface area (Å²) in [5.41, 5.74) is 8.73. The number of nitriles is 1. The Balaban J connectivity index is 1.34. The first-order valence-electron chi connectivity index (χ1n) is 14.1. The van der Waals surface area contributed by atoms with Gasteiger partial charge in [-0.1, -0.05) is 18.4 Å². The van der Waals surface area contributed by atoms with Crippen molar-refractivity contribution in [3.63, 3.8) is 0 Å². The molecule has 2 aromatic carbocycles. The van der Waals surface area contributed by atoms with Crippen molar-refractivity contribution in [2.24, 2.45) is 0 Å². The predicted molar refractivity (Wildman–Crippen MR) is 148 cm³/mol. The van der Waals surface area contributed by atoms with E-state index in [9.17, 15) is 10.1 Å².